The Morgan fingerprint density at radius 3 is 2.75 bits per heavy atom. The number of thioether (sulfide) groups is 1. The van der Waals surface area contributed by atoms with Crippen molar-refractivity contribution in [2.75, 3.05) is 6.26 Å². The fourth-order valence-corrected chi connectivity index (χ4v) is 2.29. The lowest BCUT2D eigenvalue weighted by Crippen LogP contribution is -1.90. The minimum absolute atomic E-state index is 0.895. The van der Waals surface area contributed by atoms with Gasteiger partial charge in [0.05, 0.1) is 0 Å². The van der Waals surface area contributed by atoms with Crippen molar-refractivity contribution in [3.8, 4) is 11.8 Å². The molecular weight excluding hydrogens is 212 g/mol. The molecule has 0 aliphatic rings. The van der Waals surface area contributed by atoms with Gasteiger partial charge in [0.1, 0.15) is 0 Å². The highest BCUT2D eigenvalue weighted by molar-refractivity contribution is 7.98. The smallest absolute Gasteiger partial charge is 0.0354 e. The highest BCUT2D eigenvalue weighted by atomic mass is 32.2. The number of unbranched alkanes of at least 4 members (excludes halogenated alkanes) is 2. The summed E-state index contributed by atoms with van der Waals surface area (Å²) in [5, 5.41) is 0. The van der Waals surface area contributed by atoms with Crippen LogP contribution in [0.15, 0.2) is 23.1 Å². The minimum atomic E-state index is 0.895. The zero-order chi connectivity index (χ0) is 11.8. The summed E-state index contributed by atoms with van der Waals surface area (Å²) in [5.41, 5.74) is 2.76. The maximum absolute atomic E-state index is 3.29. The molecule has 0 aromatic heterocycles. The van der Waals surface area contributed by atoms with Gasteiger partial charge in [-0.2, -0.15) is 0 Å². The van der Waals surface area contributed by atoms with Crippen LogP contribution in [0, 0.1) is 18.8 Å². The molecule has 16 heavy (non-hydrogen) atoms. The molecule has 0 aliphatic carbocycles. The molecule has 86 valence electrons. The van der Waals surface area contributed by atoms with E-state index in [1.54, 1.807) is 0 Å². The summed E-state index contributed by atoms with van der Waals surface area (Å²) in [6.07, 6.45) is 6.51. The van der Waals surface area contributed by atoms with Crippen LogP contribution in [0.3, 0.4) is 0 Å². The molecule has 0 bridgehead atoms. The van der Waals surface area contributed by atoms with Gasteiger partial charge in [-0.15, -0.1) is 17.7 Å². The number of hydrogen-bond donors (Lipinski definition) is 0. The fraction of sp³-hybridized carbons (Fsp3) is 0.467. The van der Waals surface area contributed by atoms with Gasteiger partial charge in [0, 0.05) is 17.7 Å². The van der Waals surface area contributed by atoms with Gasteiger partial charge in [0.2, 0.25) is 0 Å². The van der Waals surface area contributed by atoms with Crippen LogP contribution in [-0.2, 0) is 6.42 Å². The first-order valence-corrected chi connectivity index (χ1v) is 7.10. The van der Waals surface area contributed by atoms with Crippen LogP contribution in [-0.4, -0.2) is 6.26 Å². The first kappa shape index (κ1) is 13.2. The summed E-state index contributed by atoms with van der Waals surface area (Å²) in [4.78, 5) is 1.37. The molecule has 0 radical (unpaired) electrons. The van der Waals surface area contributed by atoms with Gasteiger partial charge in [0.25, 0.3) is 0 Å². The predicted octanol–water partition coefficient (Wildman–Crippen LogP) is 4.45. The second-order valence-electron chi connectivity index (χ2n) is 3.89. The Hall–Kier alpha value is -0.870. The molecule has 0 fully saturated rings. The first-order chi connectivity index (χ1) is 7.79. The SMILES string of the molecule is CCCCC#CCc1c(C)cccc1SC. The van der Waals surface area contributed by atoms with Crippen LogP contribution in [0.5, 0.6) is 0 Å². The molecule has 0 saturated heterocycles. The third-order valence-electron chi connectivity index (χ3n) is 2.63. The van der Waals surface area contributed by atoms with Crippen molar-refractivity contribution in [3.63, 3.8) is 0 Å². The van der Waals surface area contributed by atoms with E-state index in [0.29, 0.717) is 0 Å². The topological polar surface area (TPSA) is 0 Å². The van der Waals surface area contributed by atoms with Gasteiger partial charge in [-0.1, -0.05) is 31.4 Å². The zero-order valence-electron chi connectivity index (χ0n) is 10.5. The number of aryl methyl sites for hydroxylation is 1. The minimum Gasteiger partial charge on any atom is -0.129 e. The fourth-order valence-electron chi connectivity index (χ4n) is 1.60. The van der Waals surface area contributed by atoms with Crippen LogP contribution >= 0.6 is 11.8 Å². The zero-order valence-corrected chi connectivity index (χ0v) is 11.3. The van der Waals surface area contributed by atoms with Crippen LogP contribution in [0.2, 0.25) is 0 Å². The van der Waals surface area contributed by atoms with Crippen LogP contribution < -0.4 is 0 Å². The lowest BCUT2D eigenvalue weighted by Gasteiger charge is -2.07. The molecule has 1 heteroatoms. The van der Waals surface area contributed by atoms with Gasteiger partial charge in [-0.25, -0.2) is 0 Å². The lowest BCUT2D eigenvalue weighted by molar-refractivity contribution is 0.827. The third kappa shape index (κ3) is 3.94. The van der Waals surface area contributed by atoms with Crippen molar-refractivity contribution in [3.05, 3.63) is 29.3 Å². The Bertz CT molecular complexity index is 382. The van der Waals surface area contributed by atoms with Crippen molar-refractivity contribution >= 4 is 11.8 Å². The Morgan fingerprint density at radius 2 is 2.06 bits per heavy atom. The number of hydrogen-bond acceptors (Lipinski definition) is 1. The van der Waals surface area contributed by atoms with E-state index < -0.39 is 0 Å². The highest BCUT2D eigenvalue weighted by Gasteiger charge is 2.02. The van der Waals surface area contributed by atoms with E-state index in [2.05, 4.69) is 50.1 Å². The summed E-state index contributed by atoms with van der Waals surface area (Å²) >= 11 is 1.81. The Morgan fingerprint density at radius 1 is 1.25 bits per heavy atom. The largest absolute Gasteiger partial charge is 0.129 e. The molecular formula is C15H20S. The maximum atomic E-state index is 3.29. The average Bonchev–Trinajstić information content (AvgIpc) is 2.30. The summed E-state index contributed by atoms with van der Waals surface area (Å²) in [6.45, 7) is 4.37. The molecule has 0 N–H and O–H groups in total. The summed E-state index contributed by atoms with van der Waals surface area (Å²) in [6, 6.07) is 6.47. The summed E-state index contributed by atoms with van der Waals surface area (Å²) in [7, 11) is 0. The molecule has 0 atom stereocenters. The first-order valence-electron chi connectivity index (χ1n) is 5.87. The molecule has 0 unspecified atom stereocenters. The van der Waals surface area contributed by atoms with Crippen LogP contribution in [0.1, 0.15) is 37.3 Å². The molecule has 0 heterocycles. The Kier molecular flexibility index (Phi) is 6.11. The normalized spacial score (nSPS) is 9.69. The molecule has 0 saturated carbocycles. The quantitative estimate of drug-likeness (QED) is 0.420. The number of benzene rings is 1. The van der Waals surface area contributed by atoms with Gasteiger partial charge in [0.15, 0.2) is 0 Å². The molecule has 1 aromatic carbocycles. The predicted molar refractivity (Wildman–Crippen MR) is 74.0 cm³/mol. The van der Waals surface area contributed by atoms with Crippen LogP contribution in [0.4, 0.5) is 0 Å². The van der Waals surface area contributed by atoms with E-state index in [0.717, 1.165) is 12.8 Å². The van der Waals surface area contributed by atoms with Gasteiger partial charge in [-0.3, -0.25) is 0 Å². The maximum Gasteiger partial charge on any atom is 0.0354 e. The van der Waals surface area contributed by atoms with Crippen molar-refractivity contribution in [2.45, 2.75) is 44.4 Å². The molecule has 0 nitrogen and oxygen atoms in total. The van der Waals surface area contributed by atoms with Crippen molar-refractivity contribution < 1.29 is 0 Å². The van der Waals surface area contributed by atoms with Crippen molar-refractivity contribution in [1.82, 2.24) is 0 Å². The Labute approximate surface area is 104 Å². The Balaban J connectivity index is 2.67. The van der Waals surface area contributed by atoms with E-state index in [4.69, 9.17) is 0 Å². The van der Waals surface area contributed by atoms with E-state index in [9.17, 15) is 0 Å². The average molecular weight is 232 g/mol. The van der Waals surface area contributed by atoms with Gasteiger partial charge < -0.3 is 0 Å². The molecule has 1 rings (SSSR count). The summed E-state index contributed by atoms with van der Waals surface area (Å²) < 4.78 is 0. The van der Waals surface area contributed by atoms with Crippen molar-refractivity contribution in [1.29, 1.82) is 0 Å². The molecule has 1 aromatic rings. The van der Waals surface area contributed by atoms with Crippen molar-refractivity contribution in [2.24, 2.45) is 0 Å². The van der Waals surface area contributed by atoms with E-state index in [1.807, 2.05) is 11.8 Å². The third-order valence-corrected chi connectivity index (χ3v) is 3.45. The molecule has 0 aliphatic heterocycles. The molecule has 0 spiro atoms. The lowest BCUT2D eigenvalue weighted by atomic mass is 10.1. The monoisotopic (exact) mass is 232 g/mol. The molecule has 0 amide bonds. The second kappa shape index (κ2) is 7.41. The van der Waals surface area contributed by atoms with Gasteiger partial charge >= 0.3 is 0 Å². The van der Waals surface area contributed by atoms with Crippen LogP contribution in [0.25, 0.3) is 0 Å². The summed E-state index contributed by atoms with van der Waals surface area (Å²) in [5.74, 6) is 6.54. The van der Waals surface area contributed by atoms with E-state index >= 15 is 0 Å². The van der Waals surface area contributed by atoms with Gasteiger partial charge in [-0.05, 0) is 36.8 Å². The number of rotatable bonds is 4. The van der Waals surface area contributed by atoms with E-state index in [-0.39, 0.29) is 0 Å². The second-order valence-corrected chi connectivity index (χ2v) is 4.74. The standard InChI is InChI=1S/C15H20S/c1-4-5-6-7-8-11-14-13(2)10-9-12-15(14)16-3/h9-10,12H,4-6,11H2,1-3H3. The van der Waals surface area contributed by atoms with E-state index in [1.165, 1.54) is 28.9 Å². The highest BCUT2D eigenvalue weighted by Crippen LogP contribution is 2.23.